The molecule has 7 nitrogen and oxygen atoms in total. The van der Waals surface area contributed by atoms with Crippen LogP contribution in [-0.2, 0) is 9.53 Å². The normalized spacial score (nSPS) is 24.2. The number of nitrogens with two attached hydrogens (primary N) is 1. The van der Waals surface area contributed by atoms with Gasteiger partial charge in [-0.3, -0.25) is 4.79 Å². The van der Waals surface area contributed by atoms with Crippen molar-refractivity contribution in [2.45, 2.75) is 12.5 Å². The zero-order chi connectivity index (χ0) is 17.3. The maximum Gasteiger partial charge on any atom is 0.341 e. The first-order chi connectivity index (χ1) is 11.5. The third-order valence-electron chi connectivity index (χ3n) is 4.23. The molecule has 3 heterocycles. The number of methoxy groups -OCH3 is 1. The average molecular weight is 440 g/mol. The number of halogens is 1. The number of fused-ring (bicyclic) bond motifs is 1. The Morgan fingerprint density at radius 2 is 2.42 bits per heavy atom. The SMILES string of the molecule is C=CC(=O)N1CC(C=[N+]2C=C(I)c3c(N)ncnc32)C[C@@H]1COC. The minimum atomic E-state index is -0.0635. The van der Waals surface area contributed by atoms with Gasteiger partial charge in [0.05, 0.1) is 22.4 Å². The molecule has 0 bridgehead atoms. The van der Waals surface area contributed by atoms with Crippen LogP contribution in [0.15, 0.2) is 25.2 Å². The second kappa shape index (κ2) is 6.98. The number of hydrogen-bond donors (Lipinski definition) is 1. The summed E-state index contributed by atoms with van der Waals surface area (Å²) in [5.74, 6) is 1.40. The predicted octanol–water partition coefficient (Wildman–Crippen LogP) is 1.57. The highest BCUT2D eigenvalue weighted by atomic mass is 127. The fourth-order valence-corrected chi connectivity index (χ4v) is 4.02. The lowest BCUT2D eigenvalue weighted by molar-refractivity contribution is -0.357. The Bertz CT molecular complexity index is 746. The van der Waals surface area contributed by atoms with E-state index in [2.05, 4.69) is 45.4 Å². The minimum absolute atomic E-state index is 0.0577. The highest BCUT2D eigenvalue weighted by Crippen LogP contribution is 2.38. The monoisotopic (exact) mass is 440 g/mol. The van der Waals surface area contributed by atoms with Gasteiger partial charge in [0.2, 0.25) is 12.2 Å². The summed E-state index contributed by atoms with van der Waals surface area (Å²) >= 11 is 2.23. The van der Waals surface area contributed by atoms with Crippen LogP contribution in [0.1, 0.15) is 12.0 Å². The summed E-state index contributed by atoms with van der Waals surface area (Å²) in [6.07, 6.45) is 7.74. The number of hydrogen-bond acceptors (Lipinski definition) is 5. The van der Waals surface area contributed by atoms with Gasteiger partial charge in [0.1, 0.15) is 17.6 Å². The molecule has 2 aliphatic heterocycles. The Morgan fingerprint density at radius 3 is 3.12 bits per heavy atom. The molecule has 2 aliphatic rings. The molecule has 1 aromatic rings. The second-order valence-corrected chi connectivity index (χ2v) is 6.95. The van der Waals surface area contributed by atoms with E-state index in [1.54, 1.807) is 7.11 Å². The van der Waals surface area contributed by atoms with Crippen molar-refractivity contribution in [3.8, 4) is 0 Å². The number of likely N-dealkylation sites (tertiary alicyclic amines) is 1. The zero-order valence-corrected chi connectivity index (χ0v) is 15.5. The van der Waals surface area contributed by atoms with Crippen LogP contribution < -0.4 is 5.73 Å². The summed E-state index contributed by atoms with van der Waals surface area (Å²) in [4.78, 5) is 22.3. The summed E-state index contributed by atoms with van der Waals surface area (Å²) in [6, 6.07) is 0.0577. The van der Waals surface area contributed by atoms with E-state index in [4.69, 9.17) is 10.5 Å². The van der Waals surface area contributed by atoms with E-state index in [9.17, 15) is 4.79 Å². The first-order valence-corrected chi connectivity index (χ1v) is 8.66. The molecule has 0 aliphatic carbocycles. The summed E-state index contributed by atoms with van der Waals surface area (Å²) in [5.41, 5.74) is 6.82. The number of nitrogens with zero attached hydrogens (tertiary/aromatic N) is 4. The molecule has 1 unspecified atom stereocenters. The molecule has 126 valence electrons. The van der Waals surface area contributed by atoms with Crippen LogP contribution in [0.5, 0.6) is 0 Å². The van der Waals surface area contributed by atoms with E-state index in [0.717, 1.165) is 21.4 Å². The van der Waals surface area contributed by atoms with Gasteiger partial charge in [-0.15, -0.1) is 0 Å². The summed E-state index contributed by atoms with van der Waals surface area (Å²) < 4.78 is 8.23. The molecule has 1 aromatic heterocycles. The van der Waals surface area contributed by atoms with Gasteiger partial charge in [0.25, 0.3) is 0 Å². The number of nitrogen functional groups attached to an aromatic ring is 1. The number of aromatic nitrogens is 2. The van der Waals surface area contributed by atoms with Crippen molar-refractivity contribution < 1.29 is 14.1 Å². The summed E-state index contributed by atoms with van der Waals surface area (Å²) in [6.45, 7) is 4.73. The van der Waals surface area contributed by atoms with Gasteiger partial charge in [0, 0.05) is 19.6 Å². The molecule has 1 fully saturated rings. The molecule has 0 saturated carbocycles. The summed E-state index contributed by atoms with van der Waals surface area (Å²) in [5, 5.41) is 0. The molecule has 3 rings (SSSR count). The number of carbonyl (C=O) groups is 1. The number of ether oxygens (including phenoxy) is 1. The van der Waals surface area contributed by atoms with Crippen LogP contribution in [-0.4, -0.2) is 57.9 Å². The van der Waals surface area contributed by atoms with Gasteiger partial charge >= 0.3 is 5.82 Å². The van der Waals surface area contributed by atoms with Crippen molar-refractivity contribution in [3.05, 3.63) is 30.7 Å². The molecule has 1 amide bonds. The molecular formula is C16H19IN5O2+. The lowest BCUT2D eigenvalue weighted by atomic mass is 10.1. The van der Waals surface area contributed by atoms with Crippen LogP contribution in [0.4, 0.5) is 11.6 Å². The second-order valence-electron chi connectivity index (χ2n) is 5.79. The molecule has 2 atom stereocenters. The van der Waals surface area contributed by atoms with Gasteiger partial charge in [-0.2, -0.15) is 4.98 Å². The molecule has 0 radical (unpaired) electrons. The van der Waals surface area contributed by atoms with Crippen molar-refractivity contribution in [2.24, 2.45) is 5.92 Å². The molecular weight excluding hydrogens is 421 g/mol. The van der Waals surface area contributed by atoms with Gasteiger partial charge in [-0.25, -0.2) is 4.58 Å². The summed E-state index contributed by atoms with van der Waals surface area (Å²) in [7, 11) is 1.65. The lowest BCUT2D eigenvalue weighted by Crippen LogP contribution is -2.37. The highest BCUT2D eigenvalue weighted by Gasteiger charge is 2.36. The maximum atomic E-state index is 12.1. The first kappa shape index (κ1) is 17.0. The van der Waals surface area contributed by atoms with E-state index in [1.807, 2.05) is 15.7 Å². The molecule has 0 spiro atoms. The van der Waals surface area contributed by atoms with E-state index in [-0.39, 0.29) is 17.9 Å². The standard InChI is InChI=1S/C16H19IN5O2/c1-3-13(23)22-6-10(4-11(22)8-24-2)5-21-7-12(17)14-15(18)19-9-20-16(14)21/h3,5,7,9-11H,1,4,6,8H2,2H3,(H2,18,19,20)/q+1/t10?,11-/m1/s1. The average Bonchev–Trinajstić information content (AvgIpc) is 3.10. The van der Waals surface area contributed by atoms with Crippen molar-refractivity contribution in [1.82, 2.24) is 14.9 Å². The number of rotatable bonds is 4. The Labute approximate surface area is 154 Å². The van der Waals surface area contributed by atoms with Gasteiger partial charge in [-0.05, 0) is 40.1 Å². The van der Waals surface area contributed by atoms with E-state index in [1.165, 1.54) is 12.4 Å². The Hall–Kier alpha value is -1.81. The van der Waals surface area contributed by atoms with Gasteiger partial charge in [-0.1, -0.05) is 6.58 Å². The predicted molar refractivity (Wildman–Crippen MR) is 100 cm³/mol. The largest absolute Gasteiger partial charge is 0.383 e. The van der Waals surface area contributed by atoms with Crippen molar-refractivity contribution >= 4 is 49.9 Å². The number of amides is 1. The Kier molecular flexibility index (Phi) is 4.95. The van der Waals surface area contributed by atoms with Crippen molar-refractivity contribution in [3.63, 3.8) is 0 Å². The van der Waals surface area contributed by atoms with E-state index in [0.29, 0.717) is 19.0 Å². The molecule has 24 heavy (non-hydrogen) atoms. The molecule has 2 N–H and O–H groups in total. The number of anilines is 1. The van der Waals surface area contributed by atoms with Crippen molar-refractivity contribution in [1.29, 1.82) is 0 Å². The van der Waals surface area contributed by atoms with Crippen molar-refractivity contribution in [2.75, 3.05) is 26.0 Å². The van der Waals surface area contributed by atoms with Crippen LogP contribution in [0.3, 0.4) is 0 Å². The van der Waals surface area contributed by atoms with Gasteiger partial charge in [0.15, 0.2) is 0 Å². The topological polar surface area (TPSA) is 84.4 Å². The fraction of sp³-hybridized carbons (Fsp3) is 0.375. The Balaban J connectivity index is 1.87. The lowest BCUT2D eigenvalue weighted by Gasteiger charge is -2.22. The third-order valence-corrected chi connectivity index (χ3v) is 5.05. The van der Waals surface area contributed by atoms with Gasteiger partial charge < -0.3 is 15.4 Å². The van der Waals surface area contributed by atoms with E-state index < -0.39 is 0 Å². The van der Waals surface area contributed by atoms with E-state index >= 15 is 0 Å². The minimum Gasteiger partial charge on any atom is -0.383 e. The fourth-order valence-electron chi connectivity index (χ4n) is 3.20. The first-order valence-electron chi connectivity index (χ1n) is 7.58. The van der Waals surface area contributed by atoms with Crippen LogP contribution >= 0.6 is 22.6 Å². The highest BCUT2D eigenvalue weighted by molar-refractivity contribution is 14.1. The molecule has 8 heteroatoms. The zero-order valence-electron chi connectivity index (χ0n) is 13.4. The molecule has 0 aromatic carbocycles. The van der Waals surface area contributed by atoms with Crippen LogP contribution in [0.25, 0.3) is 3.58 Å². The van der Waals surface area contributed by atoms with Crippen LogP contribution in [0, 0.1) is 5.92 Å². The number of carbonyl (C=O) groups excluding carboxylic acids is 1. The molecule has 1 saturated heterocycles. The quantitative estimate of drug-likeness (QED) is 0.437. The third kappa shape index (κ3) is 3.07. The maximum absolute atomic E-state index is 12.1. The van der Waals surface area contributed by atoms with Crippen LogP contribution in [0.2, 0.25) is 0 Å². The Morgan fingerprint density at radius 1 is 1.62 bits per heavy atom. The smallest absolute Gasteiger partial charge is 0.341 e.